The second-order valence-electron chi connectivity index (χ2n) is 10.2. The largest absolute Gasteiger partial charge is 0.478 e. The van der Waals surface area contributed by atoms with Gasteiger partial charge in [0.1, 0.15) is 5.82 Å². The Kier molecular flexibility index (Phi) is 6.80. The first-order chi connectivity index (χ1) is 17.0. The number of benzene rings is 3. The van der Waals surface area contributed by atoms with Crippen LogP contribution in [0.2, 0.25) is 0 Å². The van der Waals surface area contributed by atoms with E-state index in [4.69, 9.17) is 0 Å². The van der Waals surface area contributed by atoms with Crippen LogP contribution in [-0.2, 0) is 11.3 Å². The Balaban J connectivity index is 1.69. The summed E-state index contributed by atoms with van der Waals surface area (Å²) in [5.74, 6) is -0.532. The third kappa shape index (κ3) is 5.23. The van der Waals surface area contributed by atoms with Crippen LogP contribution in [0.25, 0.3) is 21.9 Å². The molecule has 36 heavy (non-hydrogen) atoms. The average molecular weight is 482 g/mol. The lowest BCUT2D eigenvalue weighted by Gasteiger charge is -2.30. The summed E-state index contributed by atoms with van der Waals surface area (Å²) >= 11 is 0. The first-order valence-corrected chi connectivity index (χ1v) is 11.9. The van der Waals surface area contributed by atoms with Gasteiger partial charge in [-0.3, -0.25) is 9.69 Å². The van der Waals surface area contributed by atoms with Crippen molar-refractivity contribution in [3.05, 3.63) is 90.1 Å². The zero-order valence-electron chi connectivity index (χ0n) is 21.3. The van der Waals surface area contributed by atoms with E-state index in [2.05, 4.69) is 46.3 Å². The molecule has 4 aromatic rings. The molecule has 184 valence electrons. The van der Waals surface area contributed by atoms with Crippen LogP contribution in [0.15, 0.2) is 79.0 Å². The van der Waals surface area contributed by atoms with Crippen LogP contribution in [0.3, 0.4) is 0 Å². The van der Waals surface area contributed by atoms with Gasteiger partial charge in [-0.15, -0.1) is 0 Å². The number of anilines is 2. The summed E-state index contributed by atoms with van der Waals surface area (Å²) in [5, 5.41) is 10.8. The molecule has 0 aliphatic heterocycles. The van der Waals surface area contributed by atoms with E-state index in [9.17, 15) is 14.7 Å². The maximum Gasteiger partial charge on any atom is 0.335 e. The Morgan fingerprint density at radius 1 is 0.861 bits per heavy atom. The minimum absolute atomic E-state index is 0.0619. The highest BCUT2D eigenvalue weighted by molar-refractivity contribution is 6.05. The molecule has 0 atom stereocenters. The standard InChI is InChI=1S/C30H31N3O3/c1-30(2,3)29(36)33(27-26-15-12-24(28(34)35)18-23(26)16-17-31-27)19-20-6-8-21(9-7-20)22-10-13-25(14-11-22)32(4)5/h6-18H,19H2,1-5H3,(H,34,35). The van der Waals surface area contributed by atoms with Gasteiger partial charge >= 0.3 is 5.97 Å². The predicted octanol–water partition coefficient (Wildman–Crippen LogP) is 6.25. The summed E-state index contributed by atoms with van der Waals surface area (Å²) in [4.78, 5) is 33.3. The van der Waals surface area contributed by atoms with Crippen molar-refractivity contribution in [3.8, 4) is 11.1 Å². The number of nitrogens with zero attached hydrogens (tertiary/aromatic N) is 3. The molecular weight excluding hydrogens is 450 g/mol. The molecule has 0 saturated heterocycles. The average Bonchev–Trinajstić information content (AvgIpc) is 2.86. The second kappa shape index (κ2) is 9.82. The van der Waals surface area contributed by atoms with Crippen molar-refractivity contribution in [3.63, 3.8) is 0 Å². The Hall–Kier alpha value is -4.19. The molecule has 6 nitrogen and oxygen atoms in total. The van der Waals surface area contributed by atoms with Crippen LogP contribution < -0.4 is 9.80 Å². The molecule has 0 spiro atoms. The minimum atomic E-state index is -0.991. The summed E-state index contributed by atoms with van der Waals surface area (Å²) in [6.45, 7) is 6.01. The van der Waals surface area contributed by atoms with Gasteiger partial charge in [-0.2, -0.15) is 0 Å². The van der Waals surface area contributed by atoms with Gasteiger partial charge in [0.2, 0.25) is 5.91 Å². The third-order valence-electron chi connectivity index (χ3n) is 6.14. The van der Waals surface area contributed by atoms with Crippen molar-refractivity contribution in [2.45, 2.75) is 27.3 Å². The minimum Gasteiger partial charge on any atom is -0.478 e. The smallest absolute Gasteiger partial charge is 0.335 e. The molecule has 0 unspecified atom stereocenters. The van der Waals surface area contributed by atoms with Gasteiger partial charge in [-0.1, -0.05) is 57.2 Å². The molecule has 1 amide bonds. The lowest BCUT2D eigenvalue weighted by atomic mass is 9.94. The number of fused-ring (bicyclic) bond motifs is 1. The highest BCUT2D eigenvalue weighted by Crippen LogP contribution is 2.31. The normalized spacial score (nSPS) is 11.4. The first-order valence-electron chi connectivity index (χ1n) is 11.9. The summed E-state index contributed by atoms with van der Waals surface area (Å²) in [7, 11) is 4.04. The number of hydrogen-bond donors (Lipinski definition) is 1. The summed E-state index contributed by atoms with van der Waals surface area (Å²) < 4.78 is 0. The van der Waals surface area contributed by atoms with E-state index in [1.807, 2.05) is 47.0 Å². The summed E-state index contributed by atoms with van der Waals surface area (Å²) in [5.41, 5.74) is 3.91. The maximum absolute atomic E-state index is 13.6. The molecule has 1 aromatic heterocycles. The highest BCUT2D eigenvalue weighted by Gasteiger charge is 2.30. The van der Waals surface area contributed by atoms with E-state index in [0.717, 1.165) is 33.2 Å². The Morgan fingerprint density at radius 3 is 2.03 bits per heavy atom. The first kappa shape index (κ1) is 24.9. The number of aromatic carboxylic acids is 1. The zero-order chi connectivity index (χ0) is 26.0. The van der Waals surface area contributed by atoms with Crippen molar-refractivity contribution < 1.29 is 14.7 Å². The molecule has 0 aliphatic carbocycles. The van der Waals surface area contributed by atoms with Crippen LogP contribution in [0.4, 0.5) is 11.5 Å². The Bertz CT molecular complexity index is 1400. The van der Waals surface area contributed by atoms with E-state index >= 15 is 0 Å². The van der Waals surface area contributed by atoms with E-state index in [1.165, 1.54) is 0 Å². The third-order valence-corrected chi connectivity index (χ3v) is 6.14. The summed E-state index contributed by atoms with van der Waals surface area (Å²) in [6.07, 6.45) is 1.62. The van der Waals surface area contributed by atoms with Crippen LogP contribution in [0.5, 0.6) is 0 Å². The lowest BCUT2D eigenvalue weighted by Crippen LogP contribution is -2.39. The zero-order valence-corrected chi connectivity index (χ0v) is 21.3. The van der Waals surface area contributed by atoms with Crippen LogP contribution in [-0.4, -0.2) is 36.1 Å². The Labute approximate surface area is 211 Å². The topological polar surface area (TPSA) is 73.7 Å². The fourth-order valence-electron chi connectivity index (χ4n) is 4.10. The summed E-state index contributed by atoms with van der Waals surface area (Å²) in [6, 6.07) is 23.2. The van der Waals surface area contributed by atoms with Crippen molar-refractivity contribution in [1.29, 1.82) is 0 Å². The van der Waals surface area contributed by atoms with E-state index < -0.39 is 11.4 Å². The number of amides is 1. The number of carbonyl (C=O) groups excluding carboxylic acids is 1. The molecule has 6 heteroatoms. The van der Waals surface area contributed by atoms with Crippen molar-refractivity contribution in [1.82, 2.24) is 4.98 Å². The van der Waals surface area contributed by atoms with Gasteiger partial charge in [0.15, 0.2) is 0 Å². The van der Waals surface area contributed by atoms with Gasteiger partial charge in [-0.05, 0) is 58.5 Å². The molecule has 1 N–H and O–H groups in total. The van der Waals surface area contributed by atoms with Crippen LogP contribution in [0.1, 0.15) is 36.7 Å². The second-order valence-corrected chi connectivity index (χ2v) is 10.2. The van der Waals surface area contributed by atoms with E-state index in [0.29, 0.717) is 12.4 Å². The van der Waals surface area contributed by atoms with Crippen LogP contribution >= 0.6 is 0 Å². The predicted molar refractivity (Wildman–Crippen MR) is 146 cm³/mol. The lowest BCUT2D eigenvalue weighted by molar-refractivity contribution is -0.125. The maximum atomic E-state index is 13.6. The van der Waals surface area contributed by atoms with Gasteiger partial charge in [0, 0.05) is 36.8 Å². The SMILES string of the molecule is CN(C)c1ccc(-c2ccc(CN(C(=O)C(C)(C)C)c3nccc4cc(C(=O)O)ccc34)cc2)cc1. The van der Waals surface area contributed by atoms with Crippen molar-refractivity contribution in [2.75, 3.05) is 23.9 Å². The monoisotopic (exact) mass is 481 g/mol. The number of carboxylic acids is 1. The van der Waals surface area contributed by atoms with Crippen molar-refractivity contribution >= 4 is 34.2 Å². The fourth-order valence-corrected chi connectivity index (χ4v) is 4.10. The van der Waals surface area contributed by atoms with Crippen molar-refractivity contribution in [2.24, 2.45) is 5.41 Å². The highest BCUT2D eigenvalue weighted by atomic mass is 16.4. The molecule has 3 aromatic carbocycles. The number of carbonyl (C=O) groups is 2. The molecular formula is C30H31N3O3. The number of hydrogen-bond acceptors (Lipinski definition) is 4. The quantitative estimate of drug-likeness (QED) is 0.353. The molecule has 4 rings (SSSR count). The Morgan fingerprint density at radius 2 is 1.47 bits per heavy atom. The van der Waals surface area contributed by atoms with E-state index in [1.54, 1.807) is 35.4 Å². The number of carboxylic acid groups (broad SMARTS) is 1. The number of pyridine rings is 1. The molecule has 0 bridgehead atoms. The number of aromatic nitrogens is 1. The van der Waals surface area contributed by atoms with Gasteiger partial charge in [0.05, 0.1) is 12.1 Å². The van der Waals surface area contributed by atoms with Gasteiger partial charge in [-0.25, -0.2) is 9.78 Å². The number of rotatable bonds is 6. The van der Waals surface area contributed by atoms with Crippen LogP contribution in [0, 0.1) is 5.41 Å². The molecule has 0 aliphatic rings. The van der Waals surface area contributed by atoms with Gasteiger partial charge < -0.3 is 10.0 Å². The molecule has 0 saturated carbocycles. The van der Waals surface area contributed by atoms with Gasteiger partial charge in [0.25, 0.3) is 0 Å². The fraction of sp³-hybridized carbons (Fsp3) is 0.233. The molecule has 0 fully saturated rings. The molecule has 1 heterocycles. The van der Waals surface area contributed by atoms with E-state index in [-0.39, 0.29) is 11.5 Å². The molecule has 0 radical (unpaired) electrons.